The Morgan fingerprint density at radius 3 is 2.12 bits per heavy atom. The average Bonchev–Trinajstić information content (AvgIpc) is 2.34. The van der Waals surface area contributed by atoms with Crippen LogP contribution >= 0.6 is 10.3 Å². The zero-order valence-corrected chi connectivity index (χ0v) is 18.5. The second-order valence-electron chi connectivity index (χ2n) is 8.20. The monoisotopic (exact) mass is 422 g/mol. The molecule has 0 amide bonds. The van der Waals surface area contributed by atoms with Crippen molar-refractivity contribution >= 4 is 28.7 Å². The van der Waals surface area contributed by atoms with Crippen molar-refractivity contribution in [3.05, 3.63) is 11.8 Å². The average molecular weight is 423 g/mol. The van der Waals surface area contributed by atoms with E-state index in [0.717, 1.165) is 12.2 Å². The molecule has 0 heterocycles. The van der Waals surface area contributed by atoms with Gasteiger partial charge in [-0.05, 0) is 49.6 Å². The van der Waals surface area contributed by atoms with E-state index in [4.69, 9.17) is 4.43 Å². The number of hydrogen-bond acceptors (Lipinski definition) is 4. The van der Waals surface area contributed by atoms with Crippen LogP contribution in [0.25, 0.3) is 0 Å². The molecule has 0 radical (unpaired) electrons. The maximum atomic E-state index is 12.6. The summed E-state index contributed by atoms with van der Waals surface area (Å²) >= 11 is 0. The normalized spacial score (nSPS) is 21.7. The molecule has 1 aliphatic rings. The van der Waals surface area contributed by atoms with Crippen molar-refractivity contribution in [3.8, 4) is 0 Å². The van der Waals surface area contributed by atoms with Crippen LogP contribution < -0.4 is 0 Å². The molecular formula is C15H29F3O4S2Si. The van der Waals surface area contributed by atoms with Crippen molar-refractivity contribution in [1.82, 2.24) is 0 Å². The zero-order valence-electron chi connectivity index (χ0n) is 15.9. The van der Waals surface area contributed by atoms with E-state index in [1.807, 2.05) is 0 Å². The van der Waals surface area contributed by atoms with Gasteiger partial charge in [-0.2, -0.15) is 21.6 Å². The van der Waals surface area contributed by atoms with E-state index in [2.05, 4.69) is 37.5 Å². The standard InChI is InChI=1S/C15H29F3O4S2Si/c1-14(2,3)25(6,7)21-12-9-8-10-13(11-12)23(4,5)22-24(19,20)15(16,17)18/h11,13H,8-10H2,1-7H3. The topological polar surface area (TPSA) is 52.6 Å². The molecule has 1 rings (SSSR count). The molecule has 1 aliphatic carbocycles. The Morgan fingerprint density at radius 1 is 1.16 bits per heavy atom. The molecule has 25 heavy (non-hydrogen) atoms. The molecule has 1 atom stereocenters. The van der Waals surface area contributed by atoms with Crippen molar-refractivity contribution in [3.63, 3.8) is 0 Å². The van der Waals surface area contributed by atoms with E-state index in [0.29, 0.717) is 12.8 Å². The van der Waals surface area contributed by atoms with Gasteiger partial charge in [0, 0.05) is 11.7 Å². The lowest BCUT2D eigenvalue weighted by atomic mass is 10.1. The van der Waals surface area contributed by atoms with Gasteiger partial charge < -0.3 is 4.43 Å². The fraction of sp³-hybridized carbons (Fsp3) is 0.867. The Balaban J connectivity index is 3.02. The van der Waals surface area contributed by atoms with Crippen LogP contribution in [0.2, 0.25) is 18.1 Å². The highest BCUT2D eigenvalue weighted by Gasteiger charge is 2.50. The Labute approximate surface area is 151 Å². The maximum Gasteiger partial charge on any atom is 0.523 e. The quantitative estimate of drug-likeness (QED) is 0.446. The maximum absolute atomic E-state index is 12.6. The van der Waals surface area contributed by atoms with Gasteiger partial charge >= 0.3 is 15.6 Å². The van der Waals surface area contributed by atoms with Crippen LogP contribution in [-0.4, -0.2) is 40.0 Å². The van der Waals surface area contributed by atoms with Gasteiger partial charge in [0.05, 0.1) is 5.76 Å². The first kappa shape index (κ1) is 22.8. The Morgan fingerprint density at radius 2 is 1.68 bits per heavy atom. The summed E-state index contributed by atoms with van der Waals surface area (Å²) in [7, 11) is -10.2. The summed E-state index contributed by atoms with van der Waals surface area (Å²) in [5.74, 6) is 0.747. The van der Waals surface area contributed by atoms with Crippen molar-refractivity contribution in [2.24, 2.45) is 0 Å². The molecule has 0 aromatic rings. The lowest BCUT2D eigenvalue weighted by Gasteiger charge is -2.41. The highest BCUT2D eigenvalue weighted by molar-refractivity contribution is 8.32. The Kier molecular flexibility index (Phi) is 6.47. The lowest BCUT2D eigenvalue weighted by Crippen LogP contribution is -2.41. The summed E-state index contributed by atoms with van der Waals surface area (Å²) in [6.45, 7) is 10.5. The Bertz CT molecular complexity index is 620. The summed E-state index contributed by atoms with van der Waals surface area (Å²) in [5.41, 5.74) is -5.41. The van der Waals surface area contributed by atoms with Gasteiger partial charge in [-0.15, -0.1) is 10.3 Å². The molecule has 0 bridgehead atoms. The summed E-state index contributed by atoms with van der Waals surface area (Å²) in [5, 5.41) is -0.391. The van der Waals surface area contributed by atoms with E-state index >= 15 is 0 Å². The number of alkyl halides is 3. The lowest BCUT2D eigenvalue weighted by molar-refractivity contribution is -0.0496. The second-order valence-corrected chi connectivity index (χ2v) is 18.1. The molecule has 0 N–H and O–H groups in total. The minimum atomic E-state index is -5.60. The van der Waals surface area contributed by atoms with Gasteiger partial charge in [-0.1, -0.05) is 20.8 Å². The minimum absolute atomic E-state index is 0.000712. The van der Waals surface area contributed by atoms with E-state index < -0.39 is 39.5 Å². The third kappa shape index (κ3) is 5.64. The van der Waals surface area contributed by atoms with Crippen LogP contribution in [0.5, 0.6) is 0 Å². The summed E-state index contributed by atoms with van der Waals surface area (Å²) in [6, 6.07) is 0. The molecule has 4 nitrogen and oxygen atoms in total. The van der Waals surface area contributed by atoms with E-state index in [9.17, 15) is 21.6 Å². The number of rotatable bonds is 5. The van der Waals surface area contributed by atoms with Gasteiger partial charge in [-0.3, -0.25) is 0 Å². The van der Waals surface area contributed by atoms with Crippen LogP contribution in [0.4, 0.5) is 13.2 Å². The van der Waals surface area contributed by atoms with Crippen molar-refractivity contribution in [2.75, 3.05) is 12.5 Å². The van der Waals surface area contributed by atoms with Crippen molar-refractivity contribution < 1.29 is 29.6 Å². The largest absolute Gasteiger partial charge is 0.547 e. The molecule has 0 aromatic heterocycles. The number of hydrogen-bond donors (Lipinski definition) is 0. The van der Waals surface area contributed by atoms with Gasteiger partial charge in [0.1, 0.15) is 0 Å². The van der Waals surface area contributed by atoms with Gasteiger partial charge in [0.25, 0.3) is 0 Å². The molecule has 150 valence electrons. The van der Waals surface area contributed by atoms with Crippen LogP contribution in [0.3, 0.4) is 0 Å². The van der Waals surface area contributed by atoms with Crippen molar-refractivity contribution in [2.45, 2.75) is 68.9 Å². The van der Waals surface area contributed by atoms with E-state index in [1.165, 1.54) is 12.5 Å². The molecule has 0 saturated carbocycles. The van der Waals surface area contributed by atoms with E-state index in [-0.39, 0.29) is 5.04 Å². The molecule has 10 heteroatoms. The molecule has 0 fully saturated rings. The van der Waals surface area contributed by atoms with Gasteiger partial charge in [0.15, 0.2) is 0 Å². The molecule has 0 aliphatic heterocycles. The third-order valence-corrected chi connectivity index (χ3v) is 13.7. The molecule has 0 aromatic carbocycles. The first-order chi connectivity index (χ1) is 10.9. The fourth-order valence-corrected chi connectivity index (χ4v) is 7.09. The van der Waals surface area contributed by atoms with Crippen LogP contribution in [0.1, 0.15) is 40.0 Å². The van der Waals surface area contributed by atoms with Crippen molar-refractivity contribution in [1.29, 1.82) is 0 Å². The molecule has 0 saturated heterocycles. The number of halogens is 3. The summed E-state index contributed by atoms with van der Waals surface area (Å²) in [6.07, 6.45) is 6.71. The SMILES string of the molecule is CC(C)(C)[Si](C)(C)OC1=CC(S(C)(C)OS(=O)(=O)C(F)(F)F)CCC1. The highest BCUT2D eigenvalue weighted by Crippen LogP contribution is 2.54. The molecular weight excluding hydrogens is 393 g/mol. The predicted molar refractivity (Wildman–Crippen MR) is 99.5 cm³/mol. The van der Waals surface area contributed by atoms with Gasteiger partial charge in [-0.25, -0.2) is 3.63 Å². The van der Waals surface area contributed by atoms with Gasteiger partial charge in [0.2, 0.25) is 8.32 Å². The number of allylic oxidation sites excluding steroid dienone is 1. The highest BCUT2D eigenvalue weighted by atomic mass is 32.3. The van der Waals surface area contributed by atoms with Crippen LogP contribution in [0.15, 0.2) is 11.8 Å². The Hall–Kier alpha value is -0.193. The van der Waals surface area contributed by atoms with E-state index in [1.54, 1.807) is 6.08 Å². The third-order valence-electron chi connectivity index (χ3n) is 4.75. The molecule has 1 unspecified atom stereocenters. The summed E-state index contributed by atoms with van der Waals surface area (Å²) in [4.78, 5) is 0. The smallest absolute Gasteiger partial charge is 0.523 e. The first-order valence-corrected chi connectivity index (χ1v) is 14.8. The molecule has 0 spiro atoms. The zero-order chi connectivity index (χ0) is 19.9. The second kappa shape index (κ2) is 7.08. The fourth-order valence-electron chi connectivity index (χ4n) is 2.18. The predicted octanol–water partition coefficient (Wildman–Crippen LogP) is 5.29. The summed E-state index contributed by atoms with van der Waals surface area (Å²) < 4.78 is 71.5. The first-order valence-electron chi connectivity index (χ1n) is 8.03. The van der Waals surface area contributed by atoms with Crippen LogP contribution in [-0.2, 0) is 18.2 Å². The van der Waals surface area contributed by atoms with Crippen LogP contribution in [0, 0.1) is 0 Å². The minimum Gasteiger partial charge on any atom is -0.547 e.